The van der Waals surface area contributed by atoms with Crippen LogP contribution in [-0.2, 0) is 6.42 Å². The molecule has 0 bridgehead atoms. The Morgan fingerprint density at radius 3 is 1.97 bits per heavy atom. The van der Waals surface area contributed by atoms with E-state index in [0.717, 1.165) is 30.2 Å². The molecule has 0 atom stereocenters. The van der Waals surface area contributed by atoms with Crippen LogP contribution in [0.2, 0.25) is 0 Å². The molecule has 0 aliphatic heterocycles. The first-order chi connectivity index (χ1) is 13.7. The van der Waals surface area contributed by atoms with Gasteiger partial charge in [-0.3, -0.25) is 0 Å². The van der Waals surface area contributed by atoms with E-state index in [2.05, 4.69) is 4.74 Å². The van der Waals surface area contributed by atoms with E-state index in [1.165, 1.54) is 12.1 Å². The van der Waals surface area contributed by atoms with E-state index in [9.17, 15) is 26.3 Å². The molecular formula is C22H16F6O. The van der Waals surface area contributed by atoms with Crippen LogP contribution < -0.4 is 4.74 Å². The number of ether oxygens (including phenoxy) is 1. The third kappa shape index (κ3) is 4.72. The van der Waals surface area contributed by atoms with Crippen molar-refractivity contribution in [2.75, 3.05) is 6.61 Å². The average Bonchev–Trinajstić information content (AvgIpc) is 2.68. The molecule has 0 saturated heterocycles. The number of rotatable bonds is 5. The fourth-order valence-electron chi connectivity index (χ4n) is 2.86. The van der Waals surface area contributed by atoms with E-state index in [4.69, 9.17) is 0 Å². The summed E-state index contributed by atoms with van der Waals surface area (Å²) in [6.07, 6.45) is -3.84. The Labute approximate surface area is 163 Å². The highest BCUT2D eigenvalue weighted by Gasteiger charge is 2.29. The molecule has 3 aromatic carbocycles. The summed E-state index contributed by atoms with van der Waals surface area (Å²) in [5.41, 5.74) is 1.79. The Hall–Kier alpha value is -2.96. The molecule has 0 radical (unpaired) electrons. The van der Waals surface area contributed by atoms with Gasteiger partial charge in [-0.1, -0.05) is 43.3 Å². The minimum atomic E-state index is -4.68. The minimum absolute atomic E-state index is 0.0511. The van der Waals surface area contributed by atoms with Gasteiger partial charge in [0.05, 0.1) is 0 Å². The Balaban J connectivity index is 1.90. The van der Waals surface area contributed by atoms with E-state index < -0.39 is 36.0 Å². The quantitative estimate of drug-likeness (QED) is 0.414. The highest BCUT2D eigenvalue weighted by molar-refractivity contribution is 5.72. The normalized spacial score (nSPS) is 11.6. The maximum atomic E-state index is 14.6. The van der Waals surface area contributed by atoms with E-state index in [-0.39, 0.29) is 11.1 Å². The molecule has 7 heteroatoms. The summed E-state index contributed by atoms with van der Waals surface area (Å²) >= 11 is 0. The van der Waals surface area contributed by atoms with E-state index in [1.807, 2.05) is 19.1 Å². The number of aryl methyl sites for hydroxylation is 1. The molecule has 3 aromatic rings. The van der Waals surface area contributed by atoms with Crippen molar-refractivity contribution in [2.45, 2.75) is 19.5 Å². The van der Waals surface area contributed by atoms with Crippen LogP contribution in [0.4, 0.5) is 26.3 Å². The summed E-state index contributed by atoms with van der Waals surface area (Å²) < 4.78 is 83.9. The first-order valence-electron chi connectivity index (χ1n) is 8.76. The number of hydrogen-bond acceptors (Lipinski definition) is 1. The molecule has 0 N–H and O–H groups in total. The van der Waals surface area contributed by atoms with Gasteiger partial charge in [-0.15, -0.1) is 0 Å². The monoisotopic (exact) mass is 410 g/mol. The van der Waals surface area contributed by atoms with Crippen molar-refractivity contribution in [1.82, 2.24) is 0 Å². The topological polar surface area (TPSA) is 9.23 Å². The van der Waals surface area contributed by atoms with Crippen molar-refractivity contribution in [2.24, 2.45) is 0 Å². The summed E-state index contributed by atoms with van der Waals surface area (Å²) in [7, 11) is 0. The highest BCUT2D eigenvalue weighted by atomic mass is 19.4. The number of alkyl halides is 3. The van der Waals surface area contributed by atoms with Gasteiger partial charge in [-0.2, -0.15) is 17.6 Å². The summed E-state index contributed by atoms with van der Waals surface area (Å²) in [5.74, 6) is -4.48. The van der Waals surface area contributed by atoms with E-state index >= 15 is 0 Å². The van der Waals surface area contributed by atoms with Gasteiger partial charge in [0, 0.05) is 11.1 Å². The first kappa shape index (κ1) is 20.8. The standard InChI is InChI=1S/C22H16F6O/c1-2-13-3-5-14(6-4-13)16-8-7-15(11-18(16)23)17-9-10-19(21(25)20(17)24)29-12-22(26,27)28/h3-11H,2,12H2,1H3. The third-order valence-corrected chi connectivity index (χ3v) is 4.39. The average molecular weight is 410 g/mol. The SMILES string of the molecule is CCc1ccc(-c2ccc(-c3ccc(OCC(F)(F)F)c(F)c3F)cc2F)cc1. The van der Waals surface area contributed by atoms with Crippen LogP contribution >= 0.6 is 0 Å². The Morgan fingerprint density at radius 2 is 1.38 bits per heavy atom. The molecule has 1 nitrogen and oxygen atoms in total. The molecule has 0 spiro atoms. The lowest BCUT2D eigenvalue weighted by molar-refractivity contribution is -0.153. The lowest BCUT2D eigenvalue weighted by Crippen LogP contribution is -2.19. The van der Waals surface area contributed by atoms with Crippen molar-refractivity contribution in [1.29, 1.82) is 0 Å². The third-order valence-electron chi connectivity index (χ3n) is 4.39. The van der Waals surface area contributed by atoms with Crippen LogP contribution in [0.15, 0.2) is 54.6 Å². The van der Waals surface area contributed by atoms with Gasteiger partial charge < -0.3 is 4.74 Å². The molecule has 0 amide bonds. The zero-order valence-electron chi connectivity index (χ0n) is 15.3. The first-order valence-corrected chi connectivity index (χ1v) is 8.76. The Bertz CT molecular complexity index is 1010. The molecule has 3 rings (SSSR count). The summed E-state index contributed by atoms with van der Waals surface area (Å²) in [5, 5.41) is 0. The van der Waals surface area contributed by atoms with Gasteiger partial charge >= 0.3 is 6.18 Å². The minimum Gasteiger partial charge on any atom is -0.481 e. The van der Waals surface area contributed by atoms with Gasteiger partial charge in [0.25, 0.3) is 0 Å². The smallest absolute Gasteiger partial charge is 0.422 e. The summed E-state index contributed by atoms with van der Waals surface area (Å²) in [6.45, 7) is 0.250. The van der Waals surface area contributed by atoms with Crippen molar-refractivity contribution in [3.8, 4) is 28.0 Å². The van der Waals surface area contributed by atoms with E-state index in [0.29, 0.717) is 11.1 Å². The van der Waals surface area contributed by atoms with Crippen LogP contribution in [0.25, 0.3) is 22.3 Å². The van der Waals surface area contributed by atoms with E-state index in [1.54, 1.807) is 12.1 Å². The van der Waals surface area contributed by atoms with Crippen LogP contribution in [0.3, 0.4) is 0 Å². The van der Waals surface area contributed by atoms with Crippen molar-refractivity contribution in [3.63, 3.8) is 0 Å². The molecule has 0 aromatic heterocycles. The highest BCUT2D eigenvalue weighted by Crippen LogP contribution is 2.33. The largest absolute Gasteiger partial charge is 0.481 e. The summed E-state index contributed by atoms with van der Waals surface area (Å²) in [6, 6.07) is 13.1. The van der Waals surface area contributed by atoms with Crippen molar-refractivity contribution < 1.29 is 31.1 Å². The zero-order chi connectivity index (χ0) is 21.2. The van der Waals surface area contributed by atoms with Gasteiger partial charge in [0.15, 0.2) is 18.2 Å². The zero-order valence-corrected chi connectivity index (χ0v) is 15.3. The molecule has 0 fully saturated rings. The molecule has 0 aliphatic carbocycles. The fraction of sp³-hybridized carbons (Fsp3) is 0.182. The van der Waals surface area contributed by atoms with Gasteiger partial charge in [0.2, 0.25) is 5.82 Å². The van der Waals surface area contributed by atoms with Gasteiger partial charge in [-0.25, -0.2) is 8.78 Å². The molecule has 0 saturated carbocycles. The summed E-state index contributed by atoms with van der Waals surface area (Å²) in [4.78, 5) is 0. The molecule has 152 valence electrons. The molecule has 0 aliphatic rings. The fourth-order valence-corrected chi connectivity index (χ4v) is 2.86. The Morgan fingerprint density at radius 1 is 0.759 bits per heavy atom. The second-order valence-electron chi connectivity index (χ2n) is 6.39. The Kier molecular flexibility index (Phi) is 5.86. The maximum absolute atomic E-state index is 14.6. The number of benzene rings is 3. The maximum Gasteiger partial charge on any atom is 0.422 e. The van der Waals surface area contributed by atoms with Crippen molar-refractivity contribution in [3.05, 3.63) is 77.6 Å². The number of halogens is 6. The lowest BCUT2D eigenvalue weighted by atomic mass is 9.98. The molecule has 29 heavy (non-hydrogen) atoms. The van der Waals surface area contributed by atoms with Gasteiger partial charge in [0.1, 0.15) is 5.82 Å². The predicted molar refractivity (Wildman–Crippen MR) is 98.1 cm³/mol. The van der Waals surface area contributed by atoms with Crippen LogP contribution in [0, 0.1) is 17.5 Å². The lowest BCUT2D eigenvalue weighted by Gasteiger charge is -2.13. The van der Waals surface area contributed by atoms with Crippen LogP contribution in [-0.4, -0.2) is 12.8 Å². The van der Waals surface area contributed by atoms with Gasteiger partial charge in [-0.05, 0) is 41.3 Å². The molecule has 0 unspecified atom stereocenters. The van der Waals surface area contributed by atoms with Crippen molar-refractivity contribution >= 4 is 0 Å². The predicted octanol–water partition coefficient (Wildman–Crippen LogP) is 6.94. The van der Waals surface area contributed by atoms with Crippen LogP contribution in [0.5, 0.6) is 5.75 Å². The molecular weight excluding hydrogens is 394 g/mol. The molecule has 0 heterocycles. The second kappa shape index (κ2) is 8.19. The van der Waals surface area contributed by atoms with Crippen LogP contribution in [0.1, 0.15) is 12.5 Å². The number of hydrogen-bond donors (Lipinski definition) is 0. The second-order valence-corrected chi connectivity index (χ2v) is 6.39.